The Kier molecular flexibility index (Phi) is 11.9. The van der Waals surface area contributed by atoms with Crippen molar-refractivity contribution in [2.45, 2.75) is 76.0 Å². The van der Waals surface area contributed by atoms with Crippen LogP contribution in [-0.4, -0.2) is 36.6 Å². The maximum Gasteiger partial charge on any atom is 0.131 e. The first-order valence-electron chi connectivity index (χ1n) is 16.6. The molecular weight excluding hydrogens is 544 g/mol. The lowest BCUT2D eigenvalue weighted by atomic mass is 9.66. The van der Waals surface area contributed by atoms with E-state index in [1.54, 1.807) is 0 Å². The summed E-state index contributed by atoms with van der Waals surface area (Å²) in [4.78, 5) is 0. The highest BCUT2D eigenvalue weighted by Gasteiger charge is 2.40. The van der Waals surface area contributed by atoms with Crippen molar-refractivity contribution in [3.05, 3.63) is 108 Å². The van der Waals surface area contributed by atoms with Crippen molar-refractivity contribution in [2.24, 2.45) is 0 Å². The van der Waals surface area contributed by atoms with Gasteiger partial charge in [-0.3, -0.25) is 0 Å². The van der Waals surface area contributed by atoms with Crippen molar-refractivity contribution >= 4 is 0 Å². The Labute approximate surface area is 263 Å². The van der Waals surface area contributed by atoms with Crippen molar-refractivity contribution in [2.75, 3.05) is 26.4 Å². The summed E-state index contributed by atoms with van der Waals surface area (Å²) in [5.74, 6) is 1.69. The van der Waals surface area contributed by atoms with Gasteiger partial charge >= 0.3 is 0 Å². The number of hydrogen-bond donors (Lipinski definition) is 2. The molecule has 0 heterocycles. The van der Waals surface area contributed by atoms with Crippen molar-refractivity contribution in [3.8, 4) is 33.8 Å². The van der Waals surface area contributed by atoms with E-state index in [0.717, 1.165) is 70.6 Å². The molecule has 0 spiro atoms. The summed E-state index contributed by atoms with van der Waals surface area (Å²) in [6, 6.07) is 33.9. The fourth-order valence-corrected chi connectivity index (χ4v) is 7.02. The molecule has 4 heteroatoms. The van der Waals surface area contributed by atoms with E-state index in [1.807, 2.05) is 12.1 Å². The minimum atomic E-state index is -0.385. The van der Waals surface area contributed by atoms with Gasteiger partial charge in [0.05, 0.1) is 13.2 Å². The molecule has 1 saturated carbocycles. The predicted molar refractivity (Wildman–Crippen MR) is 180 cm³/mol. The average Bonchev–Trinajstić information content (AvgIpc) is 3.07. The molecule has 0 radical (unpaired) electrons. The monoisotopic (exact) mass is 592 g/mol. The van der Waals surface area contributed by atoms with Crippen LogP contribution in [0.4, 0.5) is 0 Å². The zero-order valence-electron chi connectivity index (χ0n) is 26.1. The molecule has 4 nitrogen and oxygen atoms in total. The molecule has 0 aromatic heterocycles. The Bertz CT molecular complexity index is 1310. The predicted octanol–water partition coefficient (Wildman–Crippen LogP) is 9.35. The summed E-state index contributed by atoms with van der Waals surface area (Å²) in [6.07, 6.45) is 13.0. The lowest BCUT2D eigenvalue weighted by Crippen LogP contribution is -2.30. The van der Waals surface area contributed by atoms with Crippen LogP contribution in [0.3, 0.4) is 0 Å². The standard InChI is InChI=1S/C40H48O4/c41-28-30-43-38-34(32-18-10-8-11-19-32)22-16-24-36(38)40(26-14-6-4-2-1-3-5-7-15-27-40)37-25-17-23-35(39(37)44-31-29-42)33-20-12-9-13-21-33/h8-13,16-25,41-42H,1-7,14-15,26-31H2. The van der Waals surface area contributed by atoms with Crippen LogP contribution in [0.2, 0.25) is 0 Å². The second-order valence-electron chi connectivity index (χ2n) is 12.0. The van der Waals surface area contributed by atoms with E-state index < -0.39 is 0 Å². The van der Waals surface area contributed by atoms with Crippen LogP contribution in [0.1, 0.15) is 81.8 Å². The van der Waals surface area contributed by atoms with E-state index in [9.17, 15) is 10.2 Å². The molecular formula is C40H48O4. The molecule has 1 aliphatic carbocycles. The maximum atomic E-state index is 9.92. The highest BCUT2D eigenvalue weighted by molar-refractivity contribution is 5.77. The number of aliphatic hydroxyl groups excluding tert-OH is 2. The summed E-state index contributed by atoms with van der Waals surface area (Å²) in [5.41, 5.74) is 6.20. The van der Waals surface area contributed by atoms with Crippen molar-refractivity contribution in [1.82, 2.24) is 0 Å². The van der Waals surface area contributed by atoms with E-state index in [4.69, 9.17) is 9.47 Å². The van der Waals surface area contributed by atoms with Crippen LogP contribution in [0.5, 0.6) is 11.5 Å². The first-order valence-corrected chi connectivity index (χ1v) is 16.6. The molecule has 5 rings (SSSR count). The summed E-state index contributed by atoms with van der Waals surface area (Å²) in [5, 5.41) is 19.8. The quantitative estimate of drug-likeness (QED) is 0.193. The number of ether oxygens (including phenoxy) is 2. The van der Waals surface area contributed by atoms with Crippen LogP contribution in [-0.2, 0) is 5.41 Å². The minimum Gasteiger partial charge on any atom is -0.490 e. The normalized spacial score (nSPS) is 16.0. The second kappa shape index (κ2) is 16.5. The molecule has 0 aliphatic heterocycles. The molecule has 0 saturated heterocycles. The first-order chi connectivity index (χ1) is 21.8. The molecule has 232 valence electrons. The van der Waals surface area contributed by atoms with Crippen LogP contribution in [0, 0.1) is 0 Å². The summed E-state index contributed by atoms with van der Waals surface area (Å²) < 4.78 is 13.1. The van der Waals surface area contributed by atoms with Crippen molar-refractivity contribution in [3.63, 3.8) is 0 Å². The van der Waals surface area contributed by atoms with Gasteiger partial charge in [0, 0.05) is 27.7 Å². The second-order valence-corrected chi connectivity index (χ2v) is 12.0. The van der Waals surface area contributed by atoms with E-state index in [2.05, 4.69) is 84.9 Å². The van der Waals surface area contributed by atoms with Gasteiger partial charge in [0.2, 0.25) is 0 Å². The largest absolute Gasteiger partial charge is 0.490 e. The Morgan fingerprint density at radius 3 is 1.23 bits per heavy atom. The van der Waals surface area contributed by atoms with Crippen molar-refractivity contribution in [1.29, 1.82) is 0 Å². The Hall–Kier alpha value is -3.60. The number of aliphatic hydroxyl groups is 2. The number of benzene rings is 4. The highest BCUT2D eigenvalue weighted by Crippen LogP contribution is 2.52. The highest BCUT2D eigenvalue weighted by atomic mass is 16.5. The summed E-state index contributed by atoms with van der Waals surface area (Å²) in [6.45, 7) is 0.351. The van der Waals surface area contributed by atoms with E-state index >= 15 is 0 Å². The third-order valence-electron chi connectivity index (χ3n) is 9.11. The Balaban J connectivity index is 1.78. The van der Waals surface area contributed by atoms with Gasteiger partial charge in [-0.1, -0.05) is 155 Å². The van der Waals surface area contributed by atoms with Gasteiger partial charge in [-0.05, 0) is 24.0 Å². The van der Waals surface area contributed by atoms with Gasteiger partial charge in [0.1, 0.15) is 24.7 Å². The molecule has 1 aliphatic rings. The third kappa shape index (κ3) is 7.54. The zero-order chi connectivity index (χ0) is 30.5. The van der Waals surface area contributed by atoms with E-state index in [0.29, 0.717) is 0 Å². The molecule has 0 atom stereocenters. The van der Waals surface area contributed by atoms with Crippen LogP contribution in [0.15, 0.2) is 97.1 Å². The molecule has 2 N–H and O–H groups in total. The smallest absolute Gasteiger partial charge is 0.131 e. The summed E-state index contributed by atoms with van der Waals surface area (Å²) >= 11 is 0. The Morgan fingerprint density at radius 1 is 0.455 bits per heavy atom. The van der Waals surface area contributed by atoms with Crippen LogP contribution < -0.4 is 9.47 Å². The van der Waals surface area contributed by atoms with Gasteiger partial charge in [0.25, 0.3) is 0 Å². The maximum absolute atomic E-state index is 9.92. The number of hydrogen-bond acceptors (Lipinski definition) is 4. The SMILES string of the molecule is OCCOc1c(-c2ccccc2)cccc1C1(c2cccc(-c3ccccc3)c2OCCO)CCCCCCCCCCC1. The third-order valence-corrected chi connectivity index (χ3v) is 9.11. The lowest BCUT2D eigenvalue weighted by molar-refractivity contribution is 0.194. The van der Waals surface area contributed by atoms with Crippen molar-refractivity contribution < 1.29 is 19.7 Å². The molecule has 1 fully saturated rings. The van der Waals surface area contributed by atoms with Gasteiger partial charge in [-0.25, -0.2) is 0 Å². The minimum absolute atomic E-state index is 0.0517. The van der Waals surface area contributed by atoms with Gasteiger partial charge in [0.15, 0.2) is 0 Å². The van der Waals surface area contributed by atoms with E-state index in [1.165, 1.54) is 44.9 Å². The van der Waals surface area contributed by atoms with Gasteiger partial charge in [-0.15, -0.1) is 0 Å². The number of para-hydroxylation sites is 2. The van der Waals surface area contributed by atoms with Gasteiger partial charge in [-0.2, -0.15) is 0 Å². The van der Waals surface area contributed by atoms with Gasteiger partial charge < -0.3 is 19.7 Å². The number of rotatable bonds is 10. The van der Waals surface area contributed by atoms with E-state index in [-0.39, 0.29) is 31.8 Å². The fourth-order valence-electron chi connectivity index (χ4n) is 7.02. The lowest BCUT2D eigenvalue weighted by Gasteiger charge is -2.39. The fraction of sp³-hybridized carbons (Fsp3) is 0.400. The molecule has 4 aromatic carbocycles. The molecule has 0 unspecified atom stereocenters. The van der Waals surface area contributed by atoms with Crippen LogP contribution >= 0.6 is 0 Å². The Morgan fingerprint density at radius 2 is 0.841 bits per heavy atom. The molecule has 0 bridgehead atoms. The summed E-state index contributed by atoms with van der Waals surface area (Å²) in [7, 11) is 0. The first kappa shape index (κ1) is 31.8. The molecule has 4 aromatic rings. The molecule has 0 amide bonds. The topological polar surface area (TPSA) is 58.9 Å². The molecule has 44 heavy (non-hydrogen) atoms. The zero-order valence-corrected chi connectivity index (χ0v) is 26.1. The average molecular weight is 593 g/mol. The van der Waals surface area contributed by atoms with Crippen LogP contribution in [0.25, 0.3) is 22.3 Å².